The van der Waals surface area contributed by atoms with Crippen molar-refractivity contribution in [1.29, 1.82) is 0 Å². The second-order valence-electron chi connectivity index (χ2n) is 4.96. The average Bonchev–Trinajstić information content (AvgIpc) is 2.58. The molecule has 0 amide bonds. The topological polar surface area (TPSA) is 52.6 Å². The van der Waals surface area contributed by atoms with Gasteiger partial charge in [-0.15, -0.1) is 0 Å². The number of carboxylic acids is 1. The van der Waals surface area contributed by atoms with Crippen LogP contribution in [0.15, 0.2) is 24.3 Å². The van der Waals surface area contributed by atoms with Crippen LogP contribution in [0.3, 0.4) is 0 Å². The molecule has 1 unspecified atom stereocenters. The normalized spacial score (nSPS) is 21.5. The third kappa shape index (κ3) is 3.55. The first-order valence-electron chi connectivity index (χ1n) is 6.36. The van der Waals surface area contributed by atoms with Gasteiger partial charge in [-0.25, -0.2) is 0 Å². The zero-order chi connectivity index (χ0) is 13.0. The lowest BCUT2D eigenvalue weighted by Crippen LogP contribution is -2.33. The summed E-state index contributed by atoms with van der Waals surface area (Å²) < 4.78 is 0. The maximum Gasteiger partial charge on any atom is 0.309 e. The van der Waals surface area contributed by atoms with Crippen molar-refractivity contribution >= 4 is 5.97 Å². The summed E-state index contributed by atoms with van der Waals surface area (Å²) in [4.78, 5) is 13.3. The van der Waals surface area contributed by atoms with Crippen molar-refractivity contribution in [2.24, 2.45) is 5.92 Å². The predicted octanol–water partition coefficient (Wildman–Crippen LogP) is 1.10. The molecule has 4 nitrogen and oxygen atoms in total. The van der Waals surface area contributed by atoms with Crippen LogP contribution in [0, 0.1) is 12.8 Å². The van der Waals surface area contributed by atoms with Crippen LogP contribution in [-0.4, -0.2) is 42.2 Å². The number of carboxylic acid groups (broad SMARTS) is 1. The minimum absolute atomic E-state index is 0.307. The Morgan fingerprint density at radius 2 is 2.17 bits per heavy atom. The maximum absolute atomic E-state index is 11.1. The van der Waals surface area contributed by atoms with Gasteiger partial charge in [-0.3, -0.25) is 9.69 Å². The van der Waals surface area contributed by atoms with E-state index in [0.717, 1.165) is 19.6 Å². The summed E-state index contributed by atoms with van der Waals surface area (Å²) in [5.74, 6) is -1.02. The van der Waals surface area contributed by atoms with Gasteiger partial charge in [0.25, 0.3) is 0 Å². The number of hydrogen-bond donors (Lipinski definition) is 2. The average molecular weight is 248 g/mol. The SMILES string of the molecule is Cc1ccc(CN2CCNCC(C(=O)O)C2)cc1. The van der Waals surface area contributed by atoms with E-state index >= 15 is 0 Å². The number of hydrogen-bond acceptors (Lipinski definition) is 3. The molecule has 1 atom stereocenters. The Morgan fingerprint density at radius 1 is 1.44 bits per heavy atom. The first kappa shape index (κ1) is 13.1. The molecular formula is C14H20N2O2. The second-order valence-corrected chi connectivity index (χ2v) is 4.96. The summed E-state index contributed by atoms with van der Waals surface area (Å²) in [6, 6.07) is 8.42. The molecule has 1 aliphatic rings. The molecule has 1 aromatic rings. The summed E-state index contributed by atoms with van der Waals surface area (Å²) >= 11 is 0. The van der Waals surface area contributed by atoms with Gasteiger partial charge >= 0.3 is 5.97 Å². The lowest BCUT2D eigenvalue weighted by Gasteiger charge is -2.21. The molecule has 0 aromatic heterocycles. The molecule has 0 bridgehead atoms. The first-order chi connectivity index (χ1) is 8.65. The van der Waals surface area contributed by atoms with Crippen LogP contribution in [0.5, 0.6) is 0 Å². The molecule has 4 heteroatoms. The summed E-state index contributed by atoms with van der Waals surface area (Å²) in [5.41, 5.74) is 2.49. The van der Waals surface area contributed by atoms with E-state index in [-0.39, 0.29) is 5.92 Å². The van der Waals surface area contributed by atoms with Crippen LogP contribution in [0.2, 0.25) is 0 Å². The van der Waals surface area contributed by atoms with E-state index in [4.69, 9.17) is 5.11 Å². The number of nitrogens with one attached hydrogen (secondary N) is 1. The molecule has 0 saturated carbocycles. The molecule has 18 heavy (non-hydrogen) atoms. The lowest BCUT2D eigenvalue weighted by molar-refractivity contribution is -0.142. The molecule has 0 spiro atoms. The molecule has 1 aliphatic heterocycles. The zero-order valence-electron chi connectivity index (χ0n) is 10.7. The van der Waals surface area contributed by atoms with E-state index in [2.05, 4.69) is 41.4 Å². The van der Waals surface area contributed by atoms with Crippen LogP contribution < -0.4 is 5.32 Å². The van der Waals surface area contributed by atoms with Crippen molar-refractivity contribution in [3.05, 3.63) is 35.4 Å². The number of benzene rings is 1. The van der Waals surface area contributed by atoms with Crippen LogP contribution in [0.4, 0.5) is 0 Å². The second kappa shape index (κ2) is 5.98. The quantitative estimate of drug-likeness (QED) is 0.841. The third-order valence-electron chi connectivity index (χ3n) is 3.35. The van der Waals surface area contributed by atoms with Gasteiger partial charge in [0.1, 0.15) is 0 Å². The van der Waals surface area contributed by atoms with Gasteiger partial charge < -0.3 is 10.4 Å². The highest BCUT2D eigenvalue weighted by Crippen LogP contribution is 2.10. The molecule has 2 N–H and O–H groups in total. The van der Waals surface area contributed by atoms with Crippen LogP contribution in [0.1, 0.15) is 11.1 Å². The van der Waals surface area contributed by atoms with Crippen LogP contribution in [-0.2, 0) is 11.3 Å². The number of aliphatic carboxylic acids is 1. The van der Waals surface area contributed by atoms with Gasteiger partial charge in [-0.1, -0.05) is 29.8 Å². The predicted molar refractivity (Wildman–Crippen MR) is 70.5 cm³/mol. The fourth-order valence-corrected chi connectivity index (χ4v) is 2.24. The molecule has 0 aliphatic carbocycles. The standard InChI is InChI=1S/C14H20N2O2/c1-11-2-4-12(5-3-11)9-16-7-6-15-8-13(10-16)14(17)18/h2-5,13,15H,6-10H2,1H3,(H,17,18). The molecule has 98 valence electrons. The Hall–Kier alpha value is -1.39. The summed E-state index contributed by atoms with van der Waals surface area (Å²) in [7, 11) is 0. The number of rotatable bonds is 3. The van der Waals surface area contributed by atoms with Gasteiger partial charge in [0.05, 0.1) is 5.92 Å². The molecule has 1 fully saturated rings. The van der Waals surface area contributed by atoms with Crippen molar-refractivity contribution < 1.29 is 9.90 Å². The highest BCUT2D eigenvalue weighted by molar-refractivity contribution is 5.70. The molecule has 1 saturated heterocycles. The number of nitrogens with zero attached hydrogens (tertiary/aromatic N) is 1. The van der Waals surface area contributed by atoms with Gasteiger partial charge in [0.2, 0.25) is 0 Å². The highest BCUT2D eigenvalue weighted by Gasteiger charge is 2.23. The highest BCUT2D eigenvalue weighted by atomic mass is 16.4. The minimum Gasteiger partial charge on any atom is -0.481 e. The van der Waals surface area contributed by atoms with Gasteiger partial charge in [-0.2, -0.15) is 0 Å². The maximum atomic E-state index is 11.1. The van der Waals surface area contributed by atoms with E-state index in [1.807, 2.05) is 0 Å². The Kier molecular flexibility index (Phi) is 4.33. The molecule has 1 aromatic carbocycles. The van der Waals surface area contributed by atoms with E-state index in [1.54, 1.807) is 0 Å². The molecular weight excluding hydrogens is 228 g/mol. The Labute approximate surface area is 108 Å². The monoisotopic (exact) mass is 248 g/mol. The first-order valence-corrected chi connectivity index (χ1v) is 6.36. The van der Waals surface area contributed by atoms with Crippen molar-refractivity contribution in [1.82, 2.24) is 10.2 Å². The van der Waals surface area contributed by atoms with Crippen LogP contribution in [0.25, 0.3) is 0 Å². The summed E-state index contributed by atoms with van der Waals surface area (Å²) in [6.07, 6.45) is 0. The van der Waals surface area contributed by atoms with Crippen molar-refractivity contribution in [3.63, 3.8) is 0 Å². The fraction of sp³-hybridized carbons (Fsp3) is 0.500. The van der Waals surface area contributed by atoms with Crippen molar-refractivity contribution in [2.75, 3.05) is 26.2 Å². The Morgan fingerprint density at radius 3 is 2.83 bits per heavy atom. The zero-order valence-corrected chi connectivity index (χ0v) is 10.7. The molecule has 2 rings (SSSR count). The van der Waals surface area contributed by atoms with E-state index in [1.165, 1.54) is 11.1 Å². The largest absolute Gasteiger partial charge is 0.481 e. The lowest BCUT2D eigenvalue weighted by atomic mass is 10.1. The van der Waals surface area contributed by atoms with Crippen molar-refractivity contribution in [2.45, 2.75) is 13.5 Å². The number of aryl methyl sites for hydroxylation is 1. The molecule has 1 heterocycles. The van der Waals surface area contributed by atoms with E-state index < -0.39 is 5.97 Å². The molecule has 0 radical (unpaired) electrons. The van der Waals surface area contributed by atoms with Gasteiger partial charge in [0, 0.05) is 32.7 Å². The van der Waals surface area contributed by atoms with E-state index in [0.29, 0.717) is 13.1 Å². The van der Waals surface area contributed by atoms with Crippen LogP contribution >= 0.6 is 0 Å². The van der Waals surface area contributed by atoms with Gasteiger partial charge in [-0.05, 0) is 12.5 Å². The summed E-state index contributed by atoms with van der Waals surface area (Å²) in [6.45, 7) is 5.84. The van der Waals surface area contributed by atoms with Gasteiger partial charge in [0.15, 0.2) is 0 Å². The smallest absolute Gasteiger partial charge is 0.309 e. The Balaban J connectivity index is 1.98. The van der Waals surface area contributed by atoms with E-state index in [9.17, 15) is 4.79 Å². The fourth-order valence-electron chi connectivity index (χ4n) is 2.24. The minimum atomic E-state index is -0.710. The Bertz CT molecular complexity index is 403. The number of carbonyl (C=O) groups is 1. The third-order valence-corrected chi connectivity index (χ3v) is 3.35. The summed E-state index contributed by atoms with van der Waals surface area (Å²) in [5, 5.41) is 12.3. The van der Waals surface area contributed by atoms with Crippen molar-refractivity contribution in [3.8, 4) is 0 Å².